The predicted molar refractivity (Wildman–Crippen MR) is 81.4 cm³/mol. The minimum Gasteiger partial charge on any atom is -0.347 e. The fourth-order valence-corrected chi connectivity index (χ4v) is 2.67. The van der Waals surface area contributed by atoms with Crippen LogP contribution in [0.2, 0.25) is 0 Å². The van der Waals surface area contributed by atoms with Gasteiger partial charge in [-0.3, -0.25) is 0 Å². The van der Waals surface area contributed by atoms with Gasteiger partial charge in [0.1, 0.15) is 0 Å². The molecule has 0 aliphatic rings. The SMILES string of the molecule is CCCNCc1csc(N(CCC#N)CC(C)C)n1. The van der Waals surface area contributed by atoms with E-state index in [2.05, 4.69) is 47.4 Å². The Balaban J connectivity index is 2.60. The van der Waals surface area contributed by atoms with Crippen LogP contribution in [0.4, 0.5) is 5.13 Å². The van der Waals surface area contributed by atoms with Crippen LogP contribution in [-0.4, -0.2) is 24.6 Å². The highest BCUT2D eigenvalue weighted by molar-refractivity contribution is 7.13. The van der Waals surface area contributed by atoms with Crippen LogP contribution in [-0.2, 0) is 6.54 Å². The summed E-state index contributed by atoms with van der Waals surface area (Å²) in [4.78, 5) is 6.88. The lowest BCUT2D eigenvalue weighted by molar-refractivity contribution is 0.609. The second-order valence-corrected chi connectivity index (χ2v) is 5.88. The Morgan fingerprint density at radius 2 is 2.32 bits per heavy atom. The van der Waals surface area contributed by atoms with E-state index >= 15 is 0 Å². The minimum atomic E-state index is 0.551. The molecule has 106 valence electrons. The number of nitrogens with zero attached hydrogens (tertiary/aromatic N) is 3. The van der Waals surface area contributed by atoms with Gasteiger partial charge in [0, 0.05) is 25.0 Å². The third kappa shape index (κ3) is 6.04. The van der Waals surface area contributed by atoms with Gasteiger partial charge in [0.15, 0.2) is 5.13 Å². The summed E-state index contributed by atoms with van der Waals surface area (Å²) in [6, 6.07) is 2.21. The Labute approximate surface area is 120 Å². The number of nitriles is 1. The van der Waals surface area contributed by atoms with Crippen molar-refractivity contribution in [2.24, 2.45) is 5.92 Å². The zero-order valence-electron chi connectivity index (χ0n) is 12.1. The molecule has 1 N–H and O–H groups in total. The molecule has 0 radical (unpaired) electrons. The third-order valence-corrected chi connectivity index (χ3v) is 3.57. The molecule has 0 fully saturated rings. The van der Waals surface area contributed by atoms with Gasteiger partial charge >= 0.3 is 0 Å². The molecule has 0 bridgehead atoms. The summed E-state index contributed by atoms with van der Waals surface area (Å²) in [6.07, 6.45) is 1.69. The van der Waals surface area contributed by atoms with E-state index in [1.54, 1.807) is 11.3 Å². The molecule has 0 aliphatic heterocycles. The van der Waals surface area contributed by atoms with Gasteiger partial charge in [-0.1, -0.05) is 20.8 Å². The highest BCUT2D eigenvalue weighted by Gasteiger charge is 2.12. The van der Waals surface area contributed by atoms with E-state index in [4.69, 9.17) is 5.26 Å². The molecular formula is C14H24N4S. The van der Waals surface area contributed by atoms with E-state index in [-0.39, 0.29) is 0 Å². The first-order valence-corrected chi connectivity index (χ1v) is 7.82. The first kappa shape index (κ1) is 15.9. The quantitative estimate of drug-likeness (QED) is 0.706. The van der Waals surface area contributed by atoms with Gasteiger partial charge < -0.3 is 10.2 Å². The topological polar surface area (TPSA) is 52.0 Å². The molecule has 1 heterocycles. The van der Waals surface area contributed by atoms with E-state index in [0.717, 1.165) is 43.4 Å². The lowest BCUT2D eigenvalue weighted by Gasteiger charge is -2.22. The summed E-state index contributed by atoms with van der Waals surface area (Å²) in [7, 11) is 0. The molecule has 0 aliphatic carbocycles. The summed E-state index contributed by atoms with van der Waals surface area (Å²) in [5, 5.41) is 15.2. The maximum absolute atomic E-state index is 8.74. The maximum Gasteiger partial charge on any atom is 0.185 e. The van der Waals surface area contributed by atoms with Crippen LogP contribution in [0.5, 0.6) is 0 Å². The van der Waals surface area contributed by atoms with Crippen molar-refractivity contribution in [3.05, 3.63) is 11.1 Å². The van der Waals surface area contributed by atoms with Crippen molar-refractivity contribution in [1.29, 1.82) is 5.26 Å². The van der Waals surface area contributed by atoms with Crippen molar-refractivity contribution < 1.29 is 0 Å². The fourth-order valence-electron chi connectivity index (χ4n) is 1.81. The summed E-state index contributed by atoms with van der Waals surface area (Å²) >= 11 is 1.67. The minimum absolute atomic E-state index is 0.551. The molecule has 0 amide bonds. The van der Waals surface area contributed by atoms with E-state index in [9.17, 15) is 0 Å². The van der Waals surface area contributed by atoms with Gasteiger partial charge in [-0.2, -0.15) is 5.26 Å². The van der Waals surface area contributed by atoms with Gasteiger partial charge in [-0.15, -0.1) is 11.3 Å². The summed E-state index contributed by atoms with van der Waals surface area (Å²) in [6.45, 7) is 10.1. The van der Waals surface area contributed by atoms with Gasteiger partial charge in [-0.05, 0) is 18.9 Å². The van der Waals surface area contributed by atoms with Gasteiger partial charge in [0.2, 0.25) is 0 Å². The Morgan fingerprint density at radius 3 is 2.95 bits per heavy atom. The molecule has 4 nitrogen and oxygen atoms in total. The number of nitrogens with one attached hydrogen (secondary N) is 1. The number of anilines is 1. The first-order chi connectivity index (χ1) is 9.17. The molecule has 0 spiro atoms. The molecular weight excluding hydrogens is 256 g/mol. The van der Waals surface area contributed by atoms with Gasteiger partial charge in [0.05, 0.1) is 18.2 Å². The molecule has 0 saturated heterocycles. The van der Waals surface area contributed by atoms with E-state index in [0.29, 0.717) is 12.3 Å². The van der Waals surface area contributed by atoms with Crippen LogP contribution in [0.15, 0.2) is 5.38 Å². The summed E-state index contributed by atoms with van der Waals surface area (Å²) < 4.78 is 0. The zero-order valence-corrected chi connectivity index (χ0v) is 13.0. The largest absolute Gasteiger partial charge is 0.347 e. The average Bonchev–Trinajstić information content (AvgIpc) is 2.83. The molecule has 0 aromatic carbocycles. The van der Waals surface area contributed by atoms with E-state index in [1.165, 1.54) is 0 Å². The van der Waals surface area contributed by atoms with E-state index in [1.807, 2.05) is 0 Å². The third-order valence-electron chi connectivity index (χ3n) is 2.62. The predicted octanol–water partition coefficient (Wildman–Crippen LogP) is 3.02. The van der Waals surface area contributed by atoms with Crippen LogP contribution in [0, 0.1) is 17.2 Å². The van der Waals surface area contributed by atoms with Crippen molar-refractivity contribution >= 4 is 16.5 Å². The number of thiazole rings is 1. The average molecular weight is 280 g/mol. The van der Waals surface area contributed by atoms with Crippen molar-refractivity contribution in [2.75, 3.05) is 24.5 Å². The van der Waals surface area contributed by atoms with Crippen molar-refractivity contribution in [1.82, 2.24) is 10.3 Å². The van der Waals surface area contributed by atoms with Crippen molar-refractivity contribution in [3.8, 4) is 6.07 Å². The lowest BCUT2D eigenvalue weighted by Crippen LogP contribution is -2.28. The summed E-state index contributed by atoms with van der Waals surface area (Å²) in [5.41, 5.74) is 1.10. The monoisotopic (exact) mass is 280 g/mol. The second kappa shape index (κ2) is 8.89. The van der Waals surface area contributed by atoms with Gasteiger partial charge in [0.25, 0.3) is 0 Å². The van der Waals surface area contributed by atoms with E-state index < -0.39 is 0 Å². The number of aromatic nitrogens is 1. The Bertz CT molecular complexity index is 394. The van der Waals surface area contributed by atoms with Crippen LogP contribution >= 0.6 is 11.3 Å². The molecule has 1 rings (SSSR count). The molecule has 0 saturated carbocycles. The molecule has 0 atom stereocenters. The molecule has 1 aromatic rings. The van der Waals surface area contributed by atoms with Crippen LogP contribution in [0.1, 0.15) is 39.3 Å². The summed E-state index contributed by atoms with van der Waals surface area (Å²) in [5.74, 6) is 0.573. The van der Waals surface area contributed by atoms with Crippen LogP contribution in [0.3, 0.4) is 0 Å². The van der Waals surface area contributed by atoms with Crippen LogP contribution < -0.4 is 10.2 Å². The molecule has 5 heteroatoms. The van der Waals surface area contributed by atoms with Crippen molar-refractivity contribution in [3.63, 3.8) is 0 Å². The number of rotatable bonds is 9. The van der Waals surface area contributed by atoms with Crippen LogP contribution in [0.25, 0.3) is 0 Å². The number of hydrogen-bond donors (Lipinski definition) is 1. The normalized spacial score (nSPS) is 10.7. The Kier molecular flexibility index (Phi) is 7.46. The Hall–Kier alpha value is -1.12. The zero-order chi connectivity index (χ0) is 14.1. The first-order valence-electron chi connectivity index (χ1n) is 6.94. The Morgan fingerprint density at radius 1 is 1.53 bits per heavy atom. The van der Waals surface area contributed by atoms with Gasteiger partial charge in [-0.25, -0.2) is 4.98 Å². The molecule has 0 unspecified atom stereocenters. The molecule has 19 heavy (non-hydrogen) atoms. The molecule has 1 aromatic heterocycles. The highest BCUT2D eigenvalue weighted by atomic mass is 32.1. The maximum atomic E-state index is 8.74. The second-order valence-electron chi connectivity index (χ2n) is 5.05. The fraction of sp³-hybridized carbons (Fsp3) is 0.714. The standard InChI is InChI=1S/C14H24N4S/c1-4-7-16-9-13-11-19-14(17-13)18(8-5-6-15)10-12(2)3/h11-12,16H,4-5,7-10H2,1-3H3. The smallest absolute Gasteiger partial charge is 0.185 e. The highest BCUT2D eigenvalue weighted by Crippen LogP contribution is 2.21. The number of hydrogen-bond acceptors (Lipinski definition) is 5. The lowest BCUT2D eigenvalue weighted by atomic mass is 10.2. The van der Waals surface area contributed by atoms with Crippen molar-refractivity contribution in [2.45, 2.75) is 40.2 Å².